The number of anilines is 1. The number of benzene rings is 1. The maximum atomic E-state index is 13.7. The summed E-state index contributed by atoms with van der Waals surface area (Å²) in [5.41, 5.74) is 0.680. The van der Waals surface area contributed by atoms with Crippen LogP contribution in [0.2, 0.25) is 0 Å². The molecule has 1 aliphatic heterocycles. The average Bonchev–Trinajstić information content (AvgIpc) is 3.08. The van der Waals surface area contributed by atoms with Gasteiger partial charge in [-0.1, -0.05) is 30.4 Å². The van der Waals surface area contributed by atoms with Gasteiger partial charge in [-0.3, -0.25) is 4.79 Å². The Hall–Kier alpha value is -2.61. The first-order chi connectivity index (χ1) is 10.7. The number of amides is 1. The smallest absolute Gasteiger partial charge is 0.233 e. The molecule has 1 aliphatic carbocycles. The van der Waals surface area contributed by atoms with E-state index >= 15 is 0 Å². The summed E-state index contributed by atoms with van der Waals surface area (Å²) in [7, 11) is 0. The van der Waals surface area contributed by atoms with Crippen molar-refractivity contribution in [1.29, 1.82) is 5.26 Å². The van der Waals surface area contributed by atoms with Crippen LogP contribution >= 0.6 is 0 Å². The van der Waals surface area contributed by atoms with Crippen molar-refractivity contribution in [1.82, 2.24) is 4.90 Å². The molecule has 1 aromatic rings. The number of halogens is 1. The van der Waals surface area contributed by atoms with Crippen LogP contribution in [0.5, 0.6) is 0 Å². The van der Waals surface area contributed by atoms with Crippen LogP contribution in [0.1, 0.15) is 5.56 Å². The van der Waals surface area contributed by atoms with E-state index in [0.717, 1.165) is 0 Å². The number of rotatable bonds is 2. The molecule has 112 valence electrons. The molecule has 1 saturated heterocycles. The zero-order chi connectivity index (χ0) is 15.5. The summed E-state index contributed by atoms with van der Waals surface area (Å²) in [4.78, 5) is 16.1. The lowest BCUT2D eigenvalue weighted by Crippen LogP contribution is -2.50. The van der Waals surface area contributed by atoms with Crippen LogP contribution in [-0.4, -0.2) is 37.0 Å². The lowest BCUT2D eigenvalue weighted by molar-refractivity contribution is -0.132. The first-order valence-electron chi connectivity index (χ1n) is 7.28. The highest BCUT2D eigenvalue weighted by atomic mass is 19.1. The van der Waals surface area contributed by atoms with Crippen LogP contribution < -0.4 is 4.90 Å². The molecule has 0 radical (unpaired) electrons. The van der Waals surface area contributed by atoms with Crippen LogP contribution in [0.3, 0.4) is 0 Å². The molecule has 0 bridgehead atoms. The van der Waals surface area contributed by atoms with E-state index in [9.17, 15) is 9.18 Å². The van der Waals surface area contributed by atoms with Crippen molar-refractivity contribution in [3.05, 3.63) is 53.9 Å². The lowest BCUT2D eigenvalue weighted by Gasteiger charge is -2.37. The van der Waals surface area contributed by atoms with Gasteiger partial charge in [-0.15, -0.1) is 0 Å². The van der Waals surface area contributed by atoms with Crippen molar-refractivity contribution >= 4 is 11.6 Å². The highest BCUT2D eigenvalue weighted by molar-refractivity contribution is 5.83. The molecule has 2 aliphatic rings. The van der Waals surface area contributed by atoms with Gasteiger partial charge in [0.1, 0.15) is 17.4 Å². The van der Waals surface area contributed by atoms with E-state index in [2.05, 4.69) is 0 Å². The molecule has 0 spiro atoms. The van der Waals surface area contributed by atoms with Crippen LogP contribution in [-0.2, 0) is 4.79 Å². The van der Waals surface area contributed by atoms with Gasteiger partial charge in [0.05, 0.1) is 11.6 Å². The average molecular weight is 297 g/mol. The quantitative estimate of drug-likeness (QED) is 0.840. The van der Waals surface area contributed by atoms with Gasteiger partial charge in [0.25, 0.3) is 0 Å². The summed E-state index contributed by atoms with van der Waals surface area (Å²) in [5.74, 6) is -0.556. The largest absolute Gasteiger partial charge is 0.367 e. The summed E-state index contributed by atoms with van der Waals surface area (Å²) in [6.45, 7) is 2.37. The maximum Gasteiger partial charge on any atom is 0.233 e. The molecular weight excluding hydrogens is 281 g/mol. The van der Waals surface area contributed by atoms with E-state index in [-0.39, 0.29) is 17.4 Å². The molecular formula is C17H16FN3O. The van der Waals surface area contributed by atoms with Crippen molar-refractivity contribution < 1.29 is 9.18 Å². The Labute approximate surface area is 128 Å². The van der Waals surface area contributed by atoms with Gasteiger partial charge >= 0.3 is 0 Å². The topological polar surface area (TPSA) is 47.3 Å². The molecule has 1 aromatic carbocycles. The number of hydrogen-bond donors (Lipinski definition) is 0. The lowest BCUT2D eigenvalue weighted by atomic mass is 10.1. The predicted octanol–water partition coefficient (Wildman–Crippen LogP) is 2.09. The van der Waals surface area contributed by atoms with E-state index in [1.165, 1.54) is 6.07 Å². The molecule has 1 amide bonds. The third-order valence-corrected chi connectivity index (χ3v) is 4.07. The predicted molar refractivity (Wildman–Crippen MR) is 81.7 cm³/mol. The normalized spacial score (nSPS) is 17.8. The van der Waals surface area contributed by atoms with Crippen LogP contribution in [0.4, 0.5) is 10.1 Å². The summed E-state index contributed by atoms with van der Waals surface area (Å²) in [6.07, 6.45) is 7.53. The summed E-state index contributed by atoms with van der Waals surface area (Å²) in [5, 5.41) is 9.12. The number of piperazine rings is 1. The second-order valence-electron chi connectivity index (χ2n) is 5.35. The first-order valence-corrected chi connectivity index (χ1v) is 7.28. The number of nitrogens with zero attached hydrogens (tertiary/aromatic N) is 3. The monoisotopic (exact) mass is 297 g/mol. The van der Waals surface area contributed by atoms with Gasteiger partial charge in [0.2, 0.25) is 5.91 Å². The van der Waals surface area contributed by atoms with E-state index in [0.29, 0.717) is 31.9 Å². The first kappa shape index (κ1) is 14.3. The SMILES string of the molecule is N#Cc1c(F)cccc1N1CCN(C(=O)C2C=CC=C2)CC1. The van der Waals surface area contributed by atoms with E-state index < -0.39 is 5.82 Å². The minimum absolute atomic E-state index is 0.0731. The minimum atomic E-state index is -0.500. The zero-order valence-corrected chi connectivity index (χ0v) is 12.1. The van der Waals surface area contributed by atoms with Gasteiger partial charge in [-0.05, 0) is 12.1 Å². The van der Waals surface area contributed by atoms with E-state index in [1.807, 2.05) is 40.2 Å². The Kier molecular flexibility index (Phi) is 3.92. The number of hydrogen-bond acceptors (Lipinski definition) is 3. The van der Waals surface area contributed by atoms with Crippen molar-refractivity contribution in [2.45, 2.75) is 0 Å². The van der Waals surface area contributed by atoms with Gasteiger partial charge in [-0.2, -0.15) is 5.26 Å². The summed E-state index contributed by atoms with van der Waals surface area (Å²) < 4.78 is 13.7. The van der Waals surface area contributed by atoms with Gasteiger partial charge in [-0.25, -0.2) is 4.39 Å². The van der Waals surface area contributed by atoms with Gasteiger partial charge < -0.3 is 9.80 Å². The third-order valence-electron chi connectivity index (χ3n) is 4.07. The second kappa shape index (κ2) is 6.02. The Morgan fingerprint density at radius 1 is 1.18 bits per heavy atom. The highest BCUT2D eigenvalue weighted by Crippen LogP contribution is 2.24. The van der Waals surface area contributed by atoms with Crippen molar-refractivity contribution in [2.75, 3.05) is 31.1 Å². The number of carbonyl (C=O) groups is 1. The highest BCUT2D eigenvalue weighted by Gasteiger charge is 2.26. The number of nitriles is 1. The number of allylic oxidation sites excluding steroid dienone is 2. The molecule has 0 N–H and O–H groups in total. The van der Waals surface area contributed by atoms with Crippen molar-refractivity contribution in [3.8, 4) is 6.07 Å². The van der Waals surface area contributed by atoms with Crippen molar-refractivity contribution in [2.24, 2.45) is 5.92 Å². The molecule has 1 fully saturated rings. The molecule has 0 saturated carbocycles. The molecule has 3 rings (SSSR count). The third kappa shape index (κ3) is 2.60. The Balaban J connectivity index is 1.69. The second-order valence-corrected chi connectivity index (χ2v) is 5.35. The Morgan fingerprint density at radius 2 is 1.86 bits per heavy atom. The Bertz CT molecular complexity index is 670. The fourth-order valence-electron chi connectivity index (χ4n) is 2.86. The van der Waals surface area contributed by atoms with Gasteiger partial charge in [0.15, 0.2) is 0 Å². The fourth-order valence-corrected chi connectivity index (χ4v) is 2.86. The van der Waals surface area contributed by atoms with Crippen LogP contribution in [0.25, 0.3) is 0 Å². The van der Waals surface area contributed by atoms with Crippen LogP contribution in [0.15, 0.2) is 42.5 Å². The molecule has 1 heterocycles. The molecule has 5 heteroatoms. The van der Waals surface area contributed by atoms with E-state index in [4.69, 9.17) is 5.26 Å². The maximum absolute atomic E-state index is 13.7. The standard InChI is InChI=1S/C17H16FN3O/c18-15-6-3-7-16(14(15)12-19)20-8-10-21(11-9-20)17(22)13-4-1-2-5-13/h1-7,13H,8-11H2. The van der Waals surface area contributed by atoms with Crippen molar-refractivity contribution in [3.63, 3.8) is 0 Å². The molecule has 0 unspecified atom stereocenters. The van der Waals surface area contributed by atoms with Crippen LogP contribution in [0, 0.1) is 23.1 Å². The summed E-state index contributed by atoms with van der Waals surface area (Å²) in [6, 6.07) is 6.58. The number of carbonyl (C=O) groups excluding carboxylic acids is 1. The molecule has 4 nitrogen and oxygen atoms in total. The zero-order valence-electron chi connectivity index (χ0n) is 12.1. The fraction of sp³-hybridized carbons (Fsp3) is 0.294. The Morgan fingerprint density at radius 3 is 2.50 bits per heavy atom. The summed E-state index contributed by atoms with van der Waals surface area (Å²) >= 11 is 0. The van der Waals surface area contributed by atoms with Gasteiger partial charge in [0, 0.05) is 26.2 Å². The molecule has 0 atom stereocenters. The molecule has 0 aromatic heterocycles. The molecule has 22 heavy (non-hydrogen) atoms. The van der Waals surface area contributed by atoms with E-state index in [1.54, 1.807) is 12.1 Å². The minimum Gasteiger partial charge on any atom is -0.367 e.